The largest absolute Gasteiger partial charge is 0.326 e. The molecule has 0 saturated heterocycles. The van der Waals surface area contributed by atoms with Crippen LogP contribution in [-0.4, -0.2) is 5.91 Å². The Morgan fingerprint density at radius 3 is 2.15 bits per heavy atom. The van der Waals surface area contributed by atoms with Gasteiger partial charge in [-0.2, -0.15) is 10.2 Å². The van der Waals surface area contributed by atoms with Crippen LogP contribution in [0.4, 0.5) is 17.1 Å². The molecule has 0 radical (unpaired) electrons. The van der Waals surface area contributed by atoms with E-state index < -0.39 is 0 Å². The van der Waals surface area contributed by atoms with Crippen LogP contribution >= 0.6 is 23.2 Å². The van der Waals surface area contributed by atoms with Crippen molar-refractivity contribution in [1.82, 2.24) is 0 Å². The number of halogens is 2. The van der Waals surface area contributed by atoms with Gasteiger partial charge in [0.15, 0.2) is 0 Å². The number of benzene rings is 2. The zero-order chi connectivity index (χ0) is 18.7. The lowest BCUT2D eigenvalue weighted by molar-refractivity contribution is -0.118. The van der Waals surface area contributed by atoms with Crippen LogP contribution in [0.2, 0.25) is 0 Å². The summed E-state index contributed by atoms with van der Waals surface area (Å²) in [4.78, 5) is 12.5. The predicted molar refractivity (Wildman–Crippen MR) is 106 cm³/mol. The van der Waals surface area contributed by atoms with Crippen LogP contribution in [0.25, 0.3) is 0 Å². The Labute approximate surface area is 162 Å². The minimum absolute atomic E-state index is 0.0375. The Hall–Kier alpha value is -2.17. The van der Waals surface area contributed by atoms with Crippen molar-refractivity contribution in [2.45, 2.75) is 13.8 Å². The maximum atomic E-state index is 12.5. The van der Waals surface area contributed by atoms with Gasteiger partial charge in [-0.3, -0.25) is 4.79 Å². The van der Waals surface area contributed by atoms with Crippen LogP contribution < -0.4 is 5.32 Å². The number of allylic oxidation sites excluding steroid dienone is 1. The maximum Gasteiger partial charge on any atom is 0.228 e. The summed E-state index contributed by atoms with van der Waals surface area (Å²) < 4.78 is 0.200. The van der Waals surface area contributed by atoms with E-state index in [1.807, 2.05) is 68.4 Å². The SMILES string of the molecule is CC1(C)[C@H](C=C(Cl)Cl)[C@@H]1C(=O)Nc1ccc(N=Nc2ccccc2)cc1. The van der Waals surface area contributed by atoms with Crippen molar-refractivity contribution < 1.29 is 4.79 Å². The van der Waals surface area contributed by atoms with Crippen LogP contribution in [-0.2, 0) is 4.79 Å². The Bertz CT molecular complexity index is 841. The Kier molecular flexibility index (Phi) is 5.44. The zero-order valence-corrected chi connectivity index (χ0v) is 16.0. The third-order valence-corrected chi connectivity index (χ3v) is 4.92. The third kappa shape index (κ3) is 4.32. The van der Waals surface area contributed by atoms with E-state index in [1.54, 1.807) is 6.08 Å². The summed E-state index contributed by atoms with van der Waals surface area (Å²) in [6.45, 7) is 4.06. The summed E-state index contributed by atoms with van der Waals surface area (Å²) in [6.07, 6.45) is 1.74. The molecule has 1 N–H and O–H groups in total. The number of hydrogen-bond donors (Lipinski definition) is 1. The highest BCUT2D eigenvalue weighted by Crippen LogP contribution is 2.60. The average molecular weight is 388 g/mol. The van der Waals surface area contributed by atoms with Crippen LogP contribution in [0.1, 0.15) is 13.8 Å². The zero-order valence-electron chi connectivity index (χ0n) is 14.5. The van der Waals surface area contributed by atoms with Crippen molar-refractivity contribution in [1.29, 1.82) is 0 Å². The van der Waals surface area contributed by atoms with E-state index in [2.05, 4.69) is 15.5 Å². The van der Waals surface area contributed by atoms with Gasteiger partial charge in [0, 0.05) is 5.69 Å². The number of carbonyl (C=O) groups excluding carboxylic acids is 1. The molecular formula is C20H19Cl2N3O. The third-order valence-electron chi connectivity index (χ3n) is 4.67. The number of azo groups is 1. The predicted octanol–water partition coefficient (Wildman–Crippen LogP) is 6.63. The molecule has 2 aromatic carbocycles. The smallest absolute Gasteiger partial charge is 0.228 e. The molecule has 0 spiro atoms. The molecule has 1 saturated carbocycles. The van der Waals surface area contributed by atoms with Gasteiger partial charge in [0.05, 0.1) is 17.3 Å². The van der Waals surface area contributed by atoms with Crippen LogP contribution in [0.3, 0.4) is 0 Å². The Balaban J connectivity index is 1.62. The van der Waals surface area contributed by atoms with Crippen molar-refractivity contribution in [3.8, 4) is 0 Å². The fourth-order valence-corrected chi connectivity index (χ4v) is 3.34. The number of anilines is 1. The van der Waals surface area contributed by atoms with Gasteiger partial charge >= 0.3 is 0 Å². The van der Waals surface area contributed by atoms with E-state index in [0.29, 0.717) is 5.69 Å². The van der Waals surface area contributed by atoms with Crippen LogP contribution in [0, 0.1) is 17.3 Å². The molecule has 3 rings (SSSR count). The van der Waals surface area contributed by atoms with E-state index in [4.69, 9.17) is 23.2 Å². The molecule has 26 heavy (non-hydrogen) atoms. The first-order chi connectivity index (χ1) is 12.4. The first-order valence-corrected chi connectivity index (χ1v) is 9.04. The number of amides is 1. The Morgan fingerprint density at radius 1 is 1.00 bits per heavy atom. The molecule has 1 aliphatic rings. The lowest BCUT2D eigenvalue weighted by Crippen LogP contribution is -2.16. The second-order valence-corrected chi connectivity index (χ2v) is 7.86. The van der Waals surface area contributed by atoms with Crippen molar-refractivity contribution in [2.24, 2.45) is 27.5 Å². The Morgan fingerprint density at radius 2 is 1.58 bits per heavy atom. The van der Waals surface area contributed by atoms with Gasteiger partial charge in [0.25, 0.3) is 0 Å². The van der Waals surface area contributed by atoms with Crippen LogP contribution in [0.15, 0.2) is 75.4 Å². The fourth-order valence-electron chi connectivity index (χ4n) is 3.07. The maximum absolute atomic E-state index is 12.5. The molecule has 134 valence electrons. The van der Waals surface area contributed by atoms with Crippen molar-refractivity contribution in [3.63, 3.8) is 0 Å². The van der Waals surface area contributed by atoms with Gasteiger partial charge in [-0.15, -0.1) is 0 Å². The summed E-state index contributed by atoms with van der Waals surface area (Å²) in [7, 11) is 0. The first-order valence-electron chi connectivity index (χ1n) is 8.28. The normalized spacial score (nSPS) is 20.6. The van der Waals surface area contributed by atoms with E-state index in [-0.39, 0.29) is 27.6 Å². The molecule has 0 bridgehead atoms. The highest BCUT2D eigenvalue weighted by Gasteiger charge is 2.60. The molecule has 4 nitrogen and oxygen atoms in total. The number of rotatable bonds is 5. The highest BCUT2D eigenvalue weighted by atomic mass is 35.5. The highest BCUT2D eigenvalue weighted by molar-refractivity contribution is 6.55. The minimum Gasteiger partial charge on any atom is -0.326 e. The standard InChI is InChI=1S/C20H19Cl2N3O/c1-20(2)16(12-17(21)22)18(20)19(26)23-13-8-10-15(11-9-13)25-24-14-6-4-3-5-7-14/h3-12,16,18H,1-2H3,(H,23,26)/t16-,18-/m1/s1. The topological polar surface area (TPSA) is 53.8 Å². The van der Waals surface area contributed by atoms with Gasteiger partial charge in [0.1, 0.15) is 4.49 Å². The molecule has 1 amide bonds. The van der Waals surface area contributed by atoms with Gasteiger partial charge in [0.2, 0.25) is 5.91 Å². The molecule has 0 heterocycles. The van der Waals surface area contributed by atoms with Crippen molar-refractivity contribution >= 4 is 46.2 Å². The second kappa shape index (κ2) is 7.60. The fraction of sp³-hybridized carbons (Fsp3) is 0.250. The summed E-state index contributed by atoms with van der Waals surface area (Å²) in [5.74, 6) is -0.136. The van der Waals surface area contributed by atoms with E-state index >= 15 is 0 Å². The first kappa shape index (κ1) is 18.6. The molecule has 6 heteroatoms. The minimum atomic E-state index is -0.150. The number of nitrogens with one attached hydrogen (secondary N) is 1. The number of hydrogen-bond acceptors (Lipinski definition) is 3. The lowest BCUT2D eigenvalue weighted by Gasteiger charge is -2.06. The molecule has 2 aromatic rings. The summed E-state index contributed by atoms with van der Waals surface area (Å²) in [6, 6.07) is 16.8. The average Bonchev–Trinajstić information content (AvgIpc) is 3.14. The molecule has 1 fully saturated rings. The summed E-state index contributed by atoms with van der Waals surface area (Å²) in [5, 5.41) is 11.3. The molecule has 0 aromatic heterocycles. The van der Waals surface area contributed by atoms with Gasteiger partial charge < -0.3 is 5.32 Å². The number of nitrogens with zero attached hydrogens (tertiary/aromatic N) is 2. The molecular weight excluding hydrogens is 369 g/mol. The van der Waals surface area contributed by atoms with E-state index in [9.17, 15) is 4.79 Å². The van der Waals surface area contributed by atoms with Gasteiger partial charge in [-0.25, -0.2) is 0 Å². The van der Waals surface area contributed by atoms with E-state index in [1.165, 1.54) is 0 Å². The summed E-state index contributed by atoms with van der Waals surface area (Å²) >= 11 is 11.5. The molecule has 0 aliphatic heterocycles. The second-order valence-electron chi connectivity index (χ2n) is 6.85. The van der Waals surface area contributed by atoms with Crippen LogP contribution in [0.5, 0.6) is 0 Å². The van der Waals surface area contributed by atoms with Crippen molar-refractivity contribution in [3.05, 3.63) is 65.2 Å². The van der Waals surface area contributed by atoms with Crippen molar-refractivity contribution in [2.75, 3.05) is 5.32 Å². The number of carbonyl (C=O) groups is 1. The molecule has 1 aliphatic carbocycles. The monoisotopic (exact) mass is 387 g/mol. The van der Waals surface area contributed by atoms with E-state index in [0.717, 1.165) is 11.4 Å². The molecule has 0 unspecified atom stereocenters. The summed E-state index contributed by atoms with van der Waals surface area (Å²) in [5.41, 5.74) is 2.07. The lowest BCUT2D eigenvalue weighted by atomic mass is 10.1. The quantitative estimate of drug-likeness (QED) is 0.574. The molecule has 2 atom stereocenters. The van der Waals surface area contributed by atoms with Gasteiger partial charge in [-0.1, -0.05) is 55.2 Å². The van der Waals surface area contributed by atoms with Gasteiger partial charge in [-0.05, 0) is 53.8 Å².